The van der Waals surface area contributed by atoms with Gasteiger partial charge in [0.25, 0.3) is 0 Å². The highest BCUT2D eigenvalue weighted by molar-refractivity contribution is 5.95. The molecule has 2 amide bonds. The third-order valence-electron chi connectivity index (χ3n) is 3.10. The highest BCUT2D eigenvalue weighted by Crippen LogP contribution is 2.28. The SMILES string of the molecule is CCN(CC(=O)O)C(=O)N1CCc2ccccc21. The zero-order valence-corrected chi connectivity index (χ0v) is 10.3. The van der Waals surface area contributed by atoms with Gasteiger partial charge in [-0.3, -0.25) is 9.69 Å². The number of fused-ring (bicyclic) bond motifs is 1. The number of benzene rings is 1. The topological polar surface area (TPSA) is 60.9 Å². The zero-order valence-electron chi connectivity index (χ0n) is 10.3. The molecule has 1 aliphatic heterocycles. The van der Waals surface area contributed by atoms with E-state index >= 15 is 0 Å². The number of carboxylic acid groups (broad SMARTS) is 1. The first-order chi connectivity index (χ1) is 8.63. The summed E-state index contributed by atoms with van der Waals surface area (Å²) in [7, 11) is 0. The molecule has 2 rings (SSSR count). The summed E-state index contributed by atoms with van der Waals surface area (Å²) in [5.74, 6) is -0.988. The van der Waals surface area contributed by atoms with Gasteiger partial charge < -0.3 is 10.0 Å². The van der Waals surface area contributed by atoms with Crippen LogP contribution in [0.1, 0.15) is 12.5 Å². The minimum absolute atomic E-state index is 0.232. The molecule has 0 radical (unpaired) electrons. The van der Waals surface area contributed by atoms with Crippen LogP contribution in [0.2, 0.25) is 0 Å². The normalized spacial score (nSPS) is 13.3. The molecule has 0 unspecified atom stereocenters. The van der Waals surface area contributed by atoms with Crippen LogP contribution >= 0.6 is 0 Å². The highest BCUT2D eigenvalue weighted by Gasteiger charge is 2.28. The van der Waals surface area contributed by atoms with Crippen molar-refractivity contribution in [3.63, 3.8) is 0 Å². The van der Waals surface area contributed by atoms with Crippen molar-refractivity contribution in [3.8, 4) is 0 Å². The third-order valence-corrected chi connectivity index (χ3v) is 3.10. The molecule has 1 heterocycles. The molecular weight excluding hydrogens is 232 g/mol. The smallest absolute Gasteiger partial charge is 0.325 e. The number of carbonyl (C=O) groups excluding carboxylic acids is 1. The fourth-order valence-corrected chi connectivity index (χ4v) is 2.19. The molecule has 1 aromatic carbocycles. The Kier molecular flexibility index (Phi) is 3.50. The predicted octanol–water partition coefficient (Wildman–Crippen LogP) is 1.58. The number of anilines is 1. The summed E-state index contributed by atoms with van der Waals surface area (Å²) < 4.78 is 0. The fourth-order valence-electron chi connectivity index (χ4n) is 2.19. The number of hydrogen-bond donors (Lipinski definition) is 1. The molecule has 18 heavy (non-hydrogen) atoms. The molecule has 0 fully saturated rings. The quantitative estimate of drug-likeness (QED) is 0.883. The van der Waals surface area contributed by atoms with Crippen LogP contribution in [0.4, 0.5) is 10.5 Å². The van der Waals surface area contributed by atoms with Crippen LogP contribution in [0.15, 0.2) is 24.3 Å². The van der Waals surface area contributed by atoms with Crippen molar-refractivity contribution in [3.05, 3.63) is 29.8 Å². The molecule has 0 aliphatic carbocycles. The molecule has 1 N–H and O–H groups in total. The Morgan fingerprint density at radius 2 is 2.11 bits per heavy atom. The van der Waals surface area contributed by atoms with E-state index in [1.54, 1.807) is 11.8 Å². The Labute approximate surface area is 106 Å². The molecule has 1 aromatic rings. The number of para-hydroxylation sites is 1. The lowest BCUT2D eigenvalue weighted by atomic mass is 10.2. The van der Waals surface area contributed by atoms with Gasteiger partial charge in [0.15, 0.2) is 0 Å². The van der Waals surface area contributed by atoms with E-state index in [2.05, 4.69) is 0 Å². The van der Waals surface area contributed by atoms with Gasteiger partial charge in [0.1, 0.15) is 6.54 Å². The summed E-state index contributed by atoms with van der Waals surface area (Å²) in [6.45, 7) is 2.54. The second kappa shape index (κ2) is 5.08. The molecule has 5 nitrogen and oxygen atoms in total. The van der Waals surface area contributed by atoms with Gasteiger partial charge in [0.05, 0.1) is 0 Å². The molecule has 1 aliphatic rings. The van der Waals surface area contributed by atoms with Crippen molar-refractivity contribution < 1.29 is 14.7 Å². The van der Waals surface area contributed by atoms with E-state index in [1.807, 2.05) is 24.3 Å². The Bertz CT molecular complexity index is 473. The van der Waals surface area contributed by atoms with Gasteiger partial charge in [-0.1, -0.05) is 18.2 Å². The maximum atomic E-state index is 12.3. The molecule has 0 saturated heterocycles. The van der Waals surface area contributed by atoms with E-state index in [1.165, 1.54) is 4.90 Å². The van der Waals surface area contributed by atoms with E-state index in [4.69, 9.17) is 5.11 Å². The third kappa shape index (κ3) is 2.30. The summed E-state index contributed by atoms with van der Waals surface area (Å²) in [6, 6.07) is 7.50. The molecule has 0 aromatic heterocycles. The number of urea groups is 1. The number of carboxylic acids is 1. The monoisotopic (exact) mass is 248 g/mol. The minimum Gasteiger partial charge on any atom is -0.480 e. The second-order valence-corrected chi connectivity index (χ2v) is 4.22. The van der Waals surface area contributed by atoms with Gasteiger partial charge in [0, 0.05) is 18.8 Å². The summed E-state index contributed by atoms with van der Waals surface area (Å²) >= 11 is 0. The van der Waals surface area contributed by atoms with Gasteiger partial charge in [0.2, 0.25) is 0 Å². The van der Waals surface area contributed by atoms with Crippen molar-refractivity contribution in [2.45, 2.75) is 13.3 Å². The number of amides is 2. The Morgan fingerprint density at radius 1 is 1.39 bits per heavy atom. The number of aliphatic carboxylic acids is 1. The first kappa shape index (κ1) is 12.4. The van der Waals surface area contributed by atoms with Crippen molar-refractivity contribution in [1.29, 1.82) is 0 Å². The summed E-state index contributed by atoms with van der Waals surface area (Å²) in [6.07, 6.45) is 0.826. The predicted molar refractivity (Wildman–Crippen MR) is 67.8 cm³/mol. The molecule has 0 spiro atoms. The fraction of sp³-hybridized carbons (Fsp3) is 0.385. The number of carbonyl (C=O) groups is 2. The maximum Gasteiger partial charge on any atom is 0.325 e. The summed E-state index contributed by atoms with van der Waals surface area (Å²) in [4.78, 5) is 26.0. The summed E-state index contributed by atoms with van der Waals surface area (Å²) in [5, 5.41) is 8.79. The first-order valence-electron chi connectivity index (χ1n) is 5.99. The minimum atomic E-state index is -0.988. The van der Waals surface area contributed by atoms with E-state index in [9.17, 15) is 9.59 Å². The van der Waals surface area contributed by atoms with Crippen LogP contribution < -0.4 is 4.90 Å². The number of likely N-dealkylation sites (N-methyl/N-ethyl adjacent to an activating group) is 1. The standard InChI is InChI=1S/C13H16N2O3/c1-2-14(9-12(16)17)13(18)15-8-7-10-5-3-4-6-11(10)15/h3-6H,2,7-9H2,1H3,(H,16,17). The van der Waals surface area contributed by atoms with Crippen LogP contribution in [-0.2, 0) is 11.2 Å². The Morgan fingerprint density at radius 3 is 2.78 bits per heavy atom. The Balaban J connectivity index is 2.17. The second-order valence-electron chi connectivity index (χ2n) is 4.22. The van der Waals surface area contributed by atoms with Gasteiger partial charge in [-0.25, -0.2) is 4.79 Å². The van der Waals surface area contributed by atoms with E-state index < -0.39 is 5.97 Å². The maximum absolute atomic E-state index is 12.3. The molecule has 0 bridgehead atoms. The lowest BCUT2D eigenvalue weighted by Crippen LogP contribution is -2.44. The molecule has 5 heteroatoms. The van der Waals surface area contributed by atoms with Crippen LogP contribution in [0, 0.1) is 0 Å². The largest absolute Gasteiger partial charge is 0.480 e. The molecule has 0 atom stereocenters. The average Bonchev–Trinajstić information content (AvgIpc) is 2.78. The van der Waals surface area contributed by atoms with Crippen molar-refractivity contribution >= 4 is 17.7 Å². The van der Waals surface area contributed by atoms with E-state index in [-0.39, 0.29) is 12.6 Å². The van der Waals surface area contributed by atoms with Crippen molar-refractivity contribution in [2.75, 3.05) is 24.5 Å². The lowest BCUT2D eigenvalue weighted by Gasteiger charge is -2.26. The Hall–Kier alpha value is -2.04. The van der Waals surface area contributed by atoms with Gasteiger partial charge >= 0.3 is 12.0 Å². The zero-order chi connectivity index (χ0) is 13.1. The molecular formula is C13H16N2O3. The van der Waals surface area contributed by atoms with Gasteiger partial charge in [-0.2, -0.15) is 0 Å². The van der Waals surface area contributed by atoms with Crippen LogP contribution in [0.25, 0.3) is 0 Å². The van der Waals surface area contributed by atoms with Crippen molar-refractivity contribution in [1.82, 2.24) is 4.90 Å². The molecule has 96 valence electrons. The van der Waals surface area contributed by atoms with Crippen LogP contribution in [0.5, 0.6) is 0 Å². The van der Waals surface area contributed by atoms with Gasteiger partial charge in [-0.15, -0.1) is 0 Å². The van der Waals surface area contributed by atoms with Gasteiger partial charge in [-0.05, 0) is 25.0 Å². The van der Waals surface area contributed by atoms with E-state index in [0.29, 0.717) is 13.1 Å². The summed E-state index contributed by atoms with van der Waals surface area (Å²) in [5.41, 5.74) is 2.03. The lowest BCUT2D eigenvalue weighted by molar-refractivity contribution is -0.137. The first-order valence-corrected chi connectivity index (χ1v) is 5.99. The molecule has 0 saturated carbocycles. The highest BCUT2D eigenvalue weighted by atomic mass is 16.4. The van der Waals surface area contributed by atoms with Crippen LogP contribution in [0.3, 0.4) is 0 Å². The van der Waals surface area contributed by atoms with Crippen LogP contribution in [-0.4, -0.2) is 41.6 Å². The number of rotatable bonds is 3. The number of hydrogen-bond acceptors (Lipinski definition) is 2. The average molecular weight is 248 g/mol. The number of nitrogens with zero attached hydrogens (tertiary/aromatic N) is 2. The van der Waals surface area contributed by atoms with Crippen molar-refractivity contribution in [2.24, 2.45) is 0 Å². The van der Waals surface area contributed by atoms with E-state index in [0.717, 1.165) is 17.7 Å².